The number of hydrogen-bond acceptors (Lipinski definition) is 4. The summed E-state index contributed by atoms with van der Waals surface area (Å²) in [5.74, 6) is -0.561. The Labute approximate surface area is 118 Å². The minimum atomic E-state index is -3.75. The highest BCUT2D eigenvalue weighted by Crippen LogP contribution is 2.26. The molecule has 1 heterocycles. The molecule has 2 rings (SSSR count). The summed E-state index contributed by atoms with van der Waals surface area (Å²) in [4.78, 5) is -0.0943. The second-order valence-corrected chi connectivity index (χ2v) is 7.28. The van der Waals surface area contributed by atoms with Gasteiger partial charge in [0.15, 0.2) is 0 Å². The van der Waals surface area contributed by atoms with Crippen LogP contribution in [0.5, 0.6) is 0 Å². The van der Waals surface area contributed by atoms with Gasteiger partial charge in [-0.15, -0.1) is 0 Å². The number of halogens is 1. The van der Waals surface area contributed by atoms with Crippen LogP contribution in [0.15, 0.2) is 23.1 Å². The maximum atomic E-state index is 13.0. The molecule has 0 bridgehead atoms. The van der Waals surface area contributed by atoms with E-state index in [2.05, 4.69) is 4.72 Å². The lowest BCUT2D eigenvalue weighted by Gasteiger charge is -2.35. The zero-order chi connectivity index (χ0) is 15.0. The Hall–Kier alpha value is -1.18. The molecule has 1 aliphatic rings. The molecule has 1 aromatic rings. The molecule has 1 aliphatic heterocycles. The summed E-state index contributed by atoms with van der Waals surface area (Å²) < 4.78 is 45.7. The number of rotatable bonds is 3. The van der Waals surface area contributed by atoms with Crippen molar-refractivity contribution in [3.05, 3.63) is 24.0 Å². The Morgan fingerprint density at radius 3 is 2.75 bits per heavy atom. The van der Waals surface area contributed by atoms with E-state index >= 15 is 0 Å². The van der Waals surface area contributed by atoms with E-state index in [1.807, 2.05) is 13.8 Å². The van der Waals surface area contributed by atoms with Gasteiger partial charge in [-0.25, -0.2) is 17.5 Å². The second kappa shape index (κ2) is 5.31. The van der Waals surface area contributed by atoms with Gasteiger partial charge in [-0.05, 0) is 44.9 Å². The van der Waals surface area contributed by atoms with Crippen LogP contribution in [0, 0.1) is 5.82 Å². The normalized spacial score (nSPS) is 22.6. The van der Waals surface area contributed by atoms with Gasteiger partial charge >= 0.3 is 0 Å². The Morgan fingerprint density at radius 1 is 1.45 bits per heavy atom. The van der Waals surface area contributed by atoms with Gasteiger partial charge in [0.2, 0.25) is 10.0 Å². The van der Waals surface area contributed by atoms with Gasteiger partial charge in [-0.3, -0.25) is 0 Å². The van der Waals surface area contributed by atoms with Gasteiger partial charge in [0.1, 0.15) is 10.7 Å². The number of benzene rings is 1. The van der Waals surface area contributed by atoms with Crippen LogP contribution >= 0.6 is 0 Å². The van der Waals surface area contributed by atoms with Gasteiger partial charge in [-0.2, -0.15) is 0 Å². The number of anilines is 1. The number of ether oxygens (including phenoxy) is 1. The van der Waals surface area contributed by atoms with E-state index in [4.69, 9.17) is 10.5 Å². The van der Waals surface area contributed by atoms with Gasteiger partial charge in [0.05, 0.1) is 11.3 Å². The number of nitrogens with one attached hydrogen (secondary N) is 1. The monoisotopic (exact) mass is 302 g/mol. The van der Waals surface area contributed by atoms with Crippen molar-refractivity contribution in [3.63, 3.8) is 0 Å². The molecule has 1 saturated heterocycles. The molecule has 20 heavy (non-hydrogen) atoms. The molecule has 1 atom stereocenters. The molecule has 1 fully saturated rings. The zero-order valence-electron chi connectivity index (χ0n) is 11.5. The number of hydrogen-bond donors (Lipinski definition) is 2. The van der Waals surface area contributed by atoms with Crippen molar-refractivity contribution in [2.75, 3.05) is 12.3 Å². The lowest BCUT2D eigenvalue weighted by Crippen LogP contribution is -2.45. The topological polar surface area (TPSA) is 81.4 Å². The van der Waals surface area contributed by atoms with Crippen LogP contribution in [-0.4, -0.2) is 26.7 Å². The van der Waals surface area contributed by atoms with E-state index in [-0.39, 0.29) is 22.2 Å². The maximum Gasteiger partial charge on any atom is 0.242 e. The average Bonchev–Trinajstić information content (AvgIpc) is 2.25. The molecule has 0 aliphatic carbocycles. The van der Waals surface area contributed by atoms with Crippen LogP contribution in [0.2, 0.25) is 0 Å². The van der Waals surface area contributed by atoms with Crippen molar-refractivity contribution < 1.29 is 17.5 Å². The van der Waals surface area contributed by atoms with Gasteiger partial charge in [-0.1, -0.05) is 0 Å². The molecule has 5 nitrogen and oxygen atoms in total. The van der Waals surface area contributed by atoms with Crippen LogP contribution in [0.3, 0.4) is 0 Å². The largest absolute Gasteiger partial charge is 0.398 e. The lowest BCUT2D eigenvalue weighted by molar-refractivity contribution is -0.0599. The molecule has 0 radical (unpaired) electrons. The Bertz CT molecular complexity index is 602. The van der Waals surface area contributed by atoms with E-state index in [1.54, 1.807) is 0 Å². The van der Waals surface area contributed by atoms with E-state index in [9.17, 15) is 12.8 Å². The molecule has 0 saturated carbocycles. The van der Waals surface area contributed by atoms with Crippen molar-refractivity contribution >= 4 is 15.7 Å². The predicted molar refractivity (Wildman–Crippen MR) is 74.2 cm³/mol. The molecule has 0 amide bonds. The highest BCUT2D eigenvalue weighted by molar-refractivity contribution is 7.89. The van der Waals surface area contributed by atoms with Crippen molar-refractivity contribution in [1.29, 1.82) is 0 Å². The first-order valence-corrected chi connectivity index (χ1v) is 7.89. The number of nitrogens with two attached hydrogens (primary N) is 1. The van der Waals surface area contributed by atoms with Crippen LogP contribution in [0.4, 0.5) is 10.1 Å². The van der Waals surface area contributed by atoms with Crippen LogP contribution in [0.25, 0.3) is 0 Å². The molecular weight excluding hydrogens is 283 g/mol. The fourth-order valence-corrected chi connectivity index (χ4v) is 3.76. The molecule has 0 aromatic heterocycles. The first-order chi connectivity index (χ1) is 9.20. The maximum absolute atomic E-state index is 13.0. The fraction of sp³-hybridized carbons (Fsp3) is 0.538. The summed E-state index contributed by atoms with van der Waals surface area (Å²) in [7, 11) is -3.75. The molecule has 112 valence electrons. The van der Waals surface area contributed by atoms with E-state index in [1.165, 1.54) is 6.07 Å². The summed E-state index contributed by atoms with van der Waals surface area (Å²) in [6.45, 7) is 4.33. The standard InChI is InChI=1S/C13H19FN2O3S/c1-13(2)8-10(5-6-19-13)16-20(17,18)12-4-3-9(14)7-11(12)15/h3-4,7,10,16H,5-6,8,15H2,1-2H3. The highest BCUT2D eigenvalue weighted by Gasteiger charge is 2.32. The van der Waals surface area contributed by atoms with Crippen LogP contribution < -0.4 is 10.5 Å². The third kappa shape index (κ3) is 3.47. The van der Waals surface area contributed by atoms with Crippen molar-refractivity contribution in [3.8, 4) is 0 Å². The summed E-state index contributed by atoms with van der Waals surface area (Å²) in [5, 5.41) is 0. The highest BCUT2D eigenvalue weighted by atomic mass is 32.2. The third-order valence-electron chi connectivity index (χ3n) is 3.28. The molecular formula is C13H19FN2O3S. The quantitative estimate of drug-likeness (QED) is 0.832. The number of sulfonamides is 1. The van der Waals surface area contributed by atoms with E-state index in [0.717, 1.165) is 12.1 Å². The molecule has 3 N–H and O–H groups in total. The first kappa shape index (κ1) is 15.2. The van der Waals surface area contributed by atoms with Crippen molar-refractivity contribution in [1.82, 2.24) is 4.72 Å². The second-order valence-electron chi connectivity index (χ2n) is 5.60. The lowest BCUT2D eigenvalue weighted by atomic mass is 9.95. The summed E-state index contributed by atoms with van der Waals surface area (Å²) in [6.07, 6.45) is 1.18. The molecule has 1 aromatic carbocycles. The Kier molecular flexibility index (Phi) is 4.04. The Balaban J connectivity index is 2.19. The zero-order valence-corrected chi connectivity index (χ0v) is 12.3. The molecule has 7 heteroatoms. The smallest absolute Gasteiger partial charge is 0.242 e. The minimum Gasteiger partial charge on any atom is -0.398 e. The average molecular weight is 302 g/mol. The SMILES string of the molecule is CC1(C)CC(NS(=O)(=O)c2ccc(F)cc2N)CCO1. The van der Waals surface area contributed by atoms with Gasteiger partial charge in [0, 0.05) is 12.6 Å². The third-order valence-corrected chi connectivity index (χ3v) is 4.87. The van der Waals surface area contributed by atoms with E-state index in [0.29, 0.717) is 19.4 Å². The van der Waals surface area contributed by atoms with Crippen molar-refractivity contribution in [2.45, 2.75) is 43.2 Å². The van der Waals surface area contributed by atoms with Gasteiger partial charge < -0.3 is 10.5 Å². The van der Waals surface area contributed by atoms with Crippen molar-refractivity contribution in [2.24, 2.45) is 0 Å². The van der Waals surface area contributed by atoms with E-state index < -0.39 is 15.8 Å². The summed E-state index contributed by atoms with van der Waals surface area (Å²) in [6, 6.07) is 3.05. The predicted octanol–water partition coefficient (Wildman–Crippen LogP) is 1.64. The Morgan fingerprint density at radius 2 is 2.15 bits per heavy atom. The fourth-order valence-electron chi connectivity index (χ4n) is 2.38. The summed E-state index contributed by atoms with van der Waals surface area (Å²) >= 11 is 0. The molecule has 0 spiro atoms. The van der Waals surface area contributed by atoms with Crippen LogP contribution in [0.1, 0.15) is 26.7 Å². The van der Waals surface area contributed by atoms with Crippen LogP contribution in [-0.2, 0) is 14.8 Å². The summed E-state index contributed by atoms with van der Waals surface area (Å²) in [5.41, 5.74) is 5.13. The first-order valence-electron chi connectivity index (χ1n) is 6.41. The molecule has 1 unspecified atom stereocenters. The minimum absolute atomic E-state index is 0.0937. The van der Waals surface area contributed by atoms with Gasteiger partial charge in [0.25, 0.3) is 0 Å². The number of nitrogen functional groups attached to an aromatic ring is 1.